The fraction of sp³-hybridized carbons (Fsp3) is 0.167. The summed E-state index contributed by atoms with van der Waals surface area (Å²) in [6.07, 6.45) is 1.41. The predicted molar refractivity (Wildman–Crippen MR) is 96.9 cm³/mol. The largest absolute Gasteiger partial charge is 0.454 e. The van der Waals surface area contributed by atoms with E-state index >= 15 is 0 Å². The topological polar surface area (TPSA) is 75.5 Å². The standard InChI is InChI=1S/C18H14N4O3S/c1-26-18-20-17(23)15-11-4-2-3-5-12(11)19-16(22(15)21-18)10-6-7-13-14(8-10)25-9-24-13/h2-8,16H,9H2,1H3,(H,20,21,23). The van der Waals surface area contributed by atoms with Gasteiger partial charge in [-0.05, 0) is 24.5 Å². The highest BCUT2D eigenvalue weighted by molar-refractivity contribution is 8.13. The zero-order valence-electron chi connectivity index (χ0n) is 13.8. The normalized spacial score (nSPS) is 20.0. The van der Waals surface area contributed by atoms with Gasteiger partial charge in [-0.1, -0.05) is 36.0 Å². The van der Waals surface area contributed by atoms with Crippen LogP contribution in [-0.4, -0.2) is 29.1 Å². The minimum atomic E-state index is -0.456. The lowest BCUT2D eigenvalue weighted by Crippen LogP contribution is -2.50. The summed E-state index contributed by atoms with van der Waals surface area (Å²) in [4.78, 5) is 17.6. The summed E-state index contributed by atoms with van der Waals surface area (Å²) >= 11 is 1.38. The number of para-hydroxylation sites is 1. The van der Waals surface area contributed by atoms with E-state index in [2.05, 4.69) is 10.4 Å². The summed E-state index contributed by atoms with van der Waals surface area (Å²) < 4.78 is 10.9. The number of rotatable bonds is 1. The molecule has 0 radical (unpaired) electrons. The van der Waals surface area contributed by atoms with Crippen LogP contribution in [-0.2, 0) is 4.79 Å². The van der Waals surface area contributed by atoms with Crippen LogP contribution in [0.15, 0.2) is 52.6 Å². The minimum Gasteiger partial charge on any atom is -0.454 e. The Morgan fingerprint density at radius 1 is 1.19 bits per heavy atom. The Labute approximate surface area is 153 Å². The van der Waals surface area contributed by atoms with Gasteiger partial charge in [-0.15, -0.1) is 5.10 Å². The third kappa shape index (κ3) is 2.26. The molecule has 1 N–H and O–H groups in total. The summed E-state index contributed by atoms with van der Waals surface area (Å²) in [6, 6.07) is 13.3. The molecule has 0 saturated carbocycles. The minimum absolute atomic E-state index is 0.183. The lowest BCUT2D eigenvalue weighted by Gasteiger charge is -2.33. The molecule has 0 bridgehead atoms. The molecule has 5 rings (SSSR count). The number of ether oxygens (including phenoxy) is 2. The van der Waals surface area contributed by atoms with E-state index in [1.807, 2.05) is 48.7 Å². The zero-order chi connectivity index (χ0) is 17.7. The lowest BCUT2D eigenvalue weighted by molar-refractivity contribution is -0.116. The summed E-state index contributed by atoms with van der Waals surface area (Å²) in [6.45, 7) is 0.210. The van der Waals surface area contributed by atoms with Crippen molar-refractivity contribution in [1.29, 1.82) is 0 Å². The van der Waals surface area contributed by atoms with Crippen molar-refractivity contribution in [2.45, 2.75) is 6.17 Å². The monoisotopic (exact) mass is 366 g/mol. The molecule has 0 fully saturated rings. The molecule has 0 aromatic heterocycles. The van der Waals surface area contributed by atoms with Gasteiger partial charge >= 0.3 is 0 Å². The van der Waals surface area contributed by atoms with Gasteiger partial charge in [0.25, 0.3) is 5.91 Å². The molecular formula is C18H14N4O3S. The number of nitrogens with one attached hydrogen (secondary N) is 1. The van der Waals surface area contributed by atoms with E-state index in [1.54, 1.807) is 5.01 Å². The first-order chi connectivity index (χ1) is 12.7. The van der Waals surface area contributed by atoms with Crippen LogP contribution in [0.25, 0.3) is 5.70 Å². The maximum absolute atomic E-state index is 12.8. The van der Waals surface area contributed by atoms with Crippen molar-refractivity contribution in [3.05, 3.63) is 58.6 Å². The molecule has 3 heterocycles. The molecule has 2 aromatic carbocycles. The van der Waals surface area contributed by atoms with E-state index in [0.29, 0.717) is 22.4 Å². The molecule has 0 aliphatic carbocycles. The van der Waals surface area contributed by atoms with Gasteiger partial charge in [0, 0.05) is 10.8 Å². The number of fused-ring (bicyclic) bond motifs is 3. The third-order valence-corrected chi connectivity index (χ3v) is 4.97. The van der Waals surface area contributed by atoms with Gasteiger partial charge in [0.05, 0.1) is 5.36 Å². The Morgan fingerprint density at radius 2 is 2.04 bits per heavy atom. The molecule has 130 valence electrons. The number of hydrogen-bond acceptors (Lipinski definition) is 7. The van der Waals surface area contributed by atoms with Crippen LogP contribution in [0.1, 0.15) is 11.7 Å². The van der Waals surface area contributed by atoms with Crippen LogP contribution in [0.2, 0.25) is 0 Å². The third-order valence-electron chi connectivity index (χ3n) is 4.40. The Balaban J connectivity index is 1.73. The van der Waals surface area contributed by atoms with Gasteiger partial charge < -0.3 is 9.47 Å². The molecule has 3 aliphatic rings. The van der Waals surface area contributed by atoms with Crippen molar-refractivity contribution < 1.29 is 14.3 Å². The van der Waals surface area contributed by atoms with Gasteiger partial charge in [0.2, 0.25) is 6.79 Å². The quantitative estimate of drug-likeness (QED) is 0.812. The Bertz CT molecular complexity index is 1080. The Kier molecular flexibility index (Phi) is 3.39. The number of amidine groups is 1. The van der Waals surface area contributed by atoms with Crippen molar-refractivity contribution in [2.24, 2.45) is 10.1 Å². The Morgan fingerprint density at radius 3 is 2.92 bits per heavy atom. The molecule has 1 unspecified atom stereocenters. The number of thioether (sulfide) groups is 1. The fourth-order valence-electron chi connectivity index (χ4n) is 3.21. The molecule has 1 amide bonds. The number of hydrazone groups is 1. The van der Waals surface area contributed by atoms with E-state index in [9.17, 15) is 4.79 Å². The number of carbonyl (C=O) groups is 1. The number of carbonyl (C=O) groups excluding carboxylic acids is 1. The van der Waals surface area contributed by atoms with Gasteiger partial charge in [-0.25, -0.2) is 5.01 Å². The first-order valence-electron chi connectivity index (χ1n) is 8.04. The number of benzene rings is 2. The summed E-state index contributed by atoms with van der Waals surface area (Å²) in [7, 11) is 0. The average Bonchev–Trinajstić information content (AvgIpc) is 3.14. The van der Waals surface area contributed by atoms with Gasteiger partial charge in [0.1, 0.15) is 5.70 Å². The number of nitrogens with zero attached hydrogens (tertiary/aromatic N) is 3. The van der Waals surface area contributed by atoms with Gasteiger partial charge in [0.15, 0.2) is 22.8 Å². The molecule has 26 heavy (non-hydrogen) atoms. The molecule has 8 heteroatoms. The van der Waals surface area contributed by atoms with Crippen LogP contribution in [0.5, 0.6) is 11.5 Å². The van der Waals surface area contributed by atoms with Crippen LogP contribution < -0.4 is 25.4 Å². The number of hydrogen-bond donors (Lipinski definition) is 1. The first kappa shape index (κ1) is 15.3. The predicted octanol–water partition coefficient (Wildman–Crippen LogP) is 0.921. The maximum atomic E-state index is 12.8. The molecule has 0 spiro atoms. The van der Waals surface area contributed by atoms with E-state index in [0.717, 1.165) is 16.1 Å². The highest BCUT2D eigenvalue weighted by atomic mass is 32.2. The molecule has 0 saturated heterocycles. The first-order valence-corrected chi connectivity index (χ1v) is 9.27. The molecule has 3 aliphatic heterocycles. The van der Waals surface area contributed by atoms with Crippen LogP contribution in [0, 0.1) is 0 Å². The highest BCUT2D eigenvalue weighted by Gasteiger charge is 2.34. The second-order valence-corrected chi connectivity index (χ2v) is 6.68. The van der Waals surface area contributed by atoms with E-state index in [-0.39, 0.29) is 12.7 Å². The summed E-state index contributed by atoms with van der Waals surface area (Å²) in [5, 5.41) is 11.2. The average molecular weight is 366 g/mol. The smallest absolute Gasteiger partial charge is 0.276 e. The lowest BCUT2D eigenvalue weighted by atomic mass is 10.1. The Hall–Kier alpha value is -3.00. The molecule has 7 nitrogen and oxygen atoms in total. The van der Waals surface area contributed by atoms with E-state index in [1.165, 1.54) is 11.8 Å². The highest BCUT2D eigenvalue weighted by Crippen LogP contribution is 2.37. The maximum Gasteiger partial charge on any atom is 0.276 e. The van der Waals surface area contributed by atoms with Crippen molar-refractivity contribution in [3.63, 3.8) is 0 Å². The molecular weight excluding hydrogens is 352 g/mol. The van der Waals surface area contributed by atoms with Crippen molar-refractivity contribution in [3.8, 4) is 11.5 Å². The zero-order valence-corrected chi connectivity index (χ0v) is 14.6. The summed E-state index contributed by atoms with van der Waals surface area (Å²) in [5.41, 5.74) is 1.37. The molecule has 2 aromatic rings. The summed E-state index contributed by atoms with van der Waals surface area (Å²) in [5.74, 6) is 1.20. The van der Waals surface area contributed by atoms with Crippen LogP contribution in [0.3, 0.4) is 0 Å². The van der Waals surface area contributed by atoms with Crippen molar-refractivity contribution >= 4 is 28.5 Å². The van der Waals surface area contributed by atoms with Gasteiger partial charge in [-0.3, -0.25) is 15.1 Å². The second kappa shape index (κ2) is 5.77. The fourth-order valence-corrected chi connectivity index (χ4v) is 3.57. The second-order valence-electron chi connectivity index (χ2n) is 5.89. The van der Waals surface area contributed by atoms with Crippen LogP contribution in [0.4, 0.5) is 0 Å². The number of amides is 1. The van der Waals surface area contributed by atoms with Crippen molar-refractivity contribution in [2.75, 3.05) is 13.0 Å². The SMILES string of the molecule is CSC1=NN2C(=c3ccccc3=NC2c2ccc3c(c2)OCO3)C(=O)N1. The molecule has 1 atom stereocenters. The van der Waals surface area contributed by atoms with Gasteiger partial charge in [-0.2, -0.15) is 0 Å². The van der Waals surface area contributed by atoms with Crippen molar-refractivity contribution in [1.82, 2.24) is 10.3 Å². The van der Waals surface area contributed by atoms with E-state index in [4.69, 9.17) is 14.5 Å². The van der Waals surface area contributed by atoms with Crippen LogP contribution >= 0.6 is 11.8 Å². The van der Waals surface area contributed by atoms with E-state index < -0.39 is 6.17 Å².